The molecule has 0 radical (unpaired) electrons. The highest BCUT2D eigenvalue weighted by atomic mass is 16.6. The van der Waals surface area contributed by atoms with Crippen LogP contribution in [-0.2, 0) is 9.59 Å². The minimum absolute atomic E-state index is 0.0816. The van der Waals surface area contributed by atoms with E-state index in [0.717, 1.165) is 5.56 Å². The van der Waals surface area contributed by atoms with E-state index in [-0.39, 0.29) is 17.0 Å². The van der Waals surface area contributed by atoms with Crippen LogP contribution >= 0.6 is 0 Å². The third kappa shape index (κ3) is 2.83. The van der Waals surface area contributed by atoms with Crippen LogP contribution in [0.1, 0.15) is 22.7 Å². The van der Waals surface area contributed by atoms with Crippen molar-refractivity contribution in [1.29, 1.82) is 0 Å². The first-order valence-electron chi connectivity index (χ1n) is 7.87. The molecular formula is C19H16N2O5. The van der Waals surface area contributed by atoms with Gasteiger partial charge in [0.1, 0.15) is 5.76 Å². The number of rotatable bonds is 3. The number of amides is 1. The molecule has 1 aliphatic heterocycles. The minimum atomic E-state index is -0.892. The summed E-state index contributed by atoms with van der Waals surface area (Å²) in [4.78, 5) is 36.3. The number of nitro groups is 1. The molecule has 1 saturated heterocycles. The number of likely N-dealkylation sites (N-methyl/N-ethyl adjacent to an activating group) is 1. The average molecular weight is 352 g/mol. The molecule has 0 unspecified atom stereocenters. The summed E-state index contributed by atoms with van der Waals surface area (Å²) in [5.74, 6) is -1.89. The third-order valence-electron chi connectivity index (χ3n) is 4.40. The molecule has 3 rings (SSSR count). The molecule has 0 spiro atoms. The van der Waals surface area contributed by atoms with Gasteiger partial charge in [-0.15, -0.1) is 0 Å². The Hall–Kier alpha value is -3.48. The van der Waals surface area contributed by atoms with Crippen molar-refractivity contribution in [3.63, 3.8) is 0 Å². The van der Waals surface area contributed by atoms with Gasteiger partial charge in [-0.3, -0.25) is 19.7 Å². The van der Waals surface area contributed by atoms with Crippen LogP contribution in [0.4, 0.5) is 5.69 Å². The maximum atomic E-state index is 12.5. The Morgan fingerprint density at radius 3 is 2.42 bits per heavy atom. The molecule has 132 valence electrons. The molecule has 7 heteroatoms. The van der Waals surface area contributed by atoms with Crippen molar-refractivity contribution in [2.75, 3.05) is 7.05 Å². The SMILES string of the molecule is Cc1ccc(/C(O)=C2\C(=O)C(=O)N(C)[C@@H]2c2cccc([N+](=O)[O-])c2)cc1. The van der Waals surface area contributed by atoms with Crippen molar-refractivity contribution >= 4 is 23.1 Å². The van der Waals surface area contributed by atoms with Gasteiger partial charge in [-0.05, 0) is 12.5 Å². The van der Waals surface area contributed by atoms with Crippen LogP contribution in [-0.4, -0.2) is 33.7 Å². The fourth-order valence-corrected chi connectivity index (χ4v) is 3.01. The zero-order valence-electron chi connectivity index (χ0n) is 14.2. The quantitative estimate of drug-likeness (QED) is 0.301. The predicted octanol–water partition coefficient (Wildman–Crippen LogP) is 2.95. The predicted molar refractivity (Wildman–Crippen MR) is 94.3 cm³/mol. The van der Waals surface area contributed by atoms with Crippen LogP contribution in [0.15, 0.2) is 54.1 Å². The molecule has 1 N–H and O–H groups in total. The molecule has 0 saturated carbocycles. The number of aliphatic hydroxyl groups is 1. The van der Waals surface area contributed by atoms with E-state index < -0.39 is 22.7 Å². The van der Waals surface area contributed by atoms with E-state index in [2.05, 4.69) is 0 Å². The lowest BCUT2D eigenvalue weighted by Gasteiger charge is -2.20. The number of likely N-dealkylation sites (tertiary alicyclic amines) is 1. The van der Waals surface area contributed by atoms with E-state index in [1.165, 1.54) is 30.1 Å². The van der Waals surface area contributed by atoms with Gasteiger partial charge in [-0.25, -0.2) is 0 Å². The Morgan fingerprint density at radius 2 is 1.81 bits per heavy atom. The van der Waals surface area contributed by atoms with Crippen molar-refractivity contribution < 1.29 is 19.6 Å². The summed E-state index contributed by atoms with van der Waals surface area (Å²) >= 11 is 0. The van der Waals surface area contributed by atoms with E-state index in [9.17, 15) is 24.8 Å². The van der Waals surface area contributed by atoms with Crippen molar-refractivity contribution in [3.05, 3.63) is 80.9 Å². The number of nitrogens with zero attached hydrogens (tertiary/aromatic N) is 2. The minimum Gasteiger partial charge on any atom is -0.507 e. The Kier molecular flexibility index (Phi) is 4.29. The van der Waals surface area contributed by atoms with Crippen LogP contribution in [0.25, 0.3) is 5.76 Å². The zero-order valence-corrected chi connectivity index (χ0v) is 14.2. The number of hydrogen-bond donors (Lipinski definition) is 1. The van der Waals surface area contributed by atoms with Gasteiger partial charge in [0.05, 0.1) is 16.5 Å². The number of carbonyl (C=O) groups is 2. The van der Waals surface area contributed by atoms with Crippen molar-refractivity contribution in [1.82, 2.24) is 4.90 Å². The van der Waals surface area contributed by atoms with E-state index in [1.54, 1.807) is 30.3 Å². The van der Waals surface area contributed by atoms with Gasteiger partial charge in [0.15, 0.2) is 0 Å². The van der Waals surface area contributed by atoms with Crippen LogP contribution in [0.2, 0.25) is 0 Å². The maximum Gasteiger partial charge on any atom is 0.295 e. The van der Waals surface area contributed by atoms with Gasteiger partial charge in [-0.1, -0.05) is 42.0 Å². The smallest absolute Gasteiger partial charge is 0.295 e. The van der Waals surface area contributed by atoms with Crippen molar-refractivity contribution in [2.24, 2.45) is 0 Å². The number of aryl methyl sites for hydroxylation is 1. The molecule has 7 nitrogen and oxygen atoms in total. The molecule has 1 amide bonds. The summed E-state index contributed by atoms with van der Waals surface area (Å²) in [6.45, 7) is 1.89. The molecule has 0 aliphatic carbocycles. The Labute approximate surface area is 149 Å². The highest BCUT2D eigenvalue weighted by molar-refractivity contribution is 6.46. The highest BCUT2D eigenvalue weighted by Gasteiger charge is 2.44. The average Bonchev–Trinajstić information content (AvgIpc) is 2.86. The highest BCUT2D eigenvalue weighted by Crippen LogP contribution is 2.39. The summed E-state index contributed by atoms with van der Waals surface area (Å²) in [5, 5.41) is 21.7. The molecular weight excluding hydrogens is 336 g/mol. The maximum absolute atomic E-state index is 12.5. The van der Waals surface area contributed by atoms with Gasteiger partial charge in [0.2, 0.25) is 0 Å². The lowest BCUT2D eigenvalue weighted by Crippen LogP contribution is -2.24. The van der Waals surface area contributed by atoms with Crippen LogP contribution < -0.4 is 0 Å². The summed E-state index contributed by atoms with van der Waals surface area (Å²) in [7, 11) is 1.43. The molecule has 2 aromatic rings. The summed E-state index contributed by atoms with van der Waals surface area (Å²) < 4.78 is 0. The van der Waals surface area contributed by atoms with Crippen molar-refractivity contribution in [3.8, 4) is 0 Å². The monoisotopic (exact) mass is 352 g/mol. The number of benzene rings is 2. The number of ketones is 1. The largest absolute Gasteiger partial charge is 0.507 e. The van der Waals surface area contributed by atoms with Gasteiger partial charge in [-0.2, -0.15) is 0 Å². The first-order chi connectivity index (χ1) is 12.3. The van der Waals surface area contributed by atoms with Crippen LogP contribution in [0, 0.1) is 17.0 Å². The summed E-state index contributed by atoms with van der Waals surface area (Å²) in [5.41, 5.74) is 1.53. The van der Waals surface area contributed by atoms with Crippen molar-refractivity contribution in [2.45, 2.75) is 13.0 Å². The van der Waals surface area contributed by atoms with Gasteiger partial charge in [0.25, 0.3) is 17.4 Å². The summed E-state index contributed by atoms with van der Waals surface area (Å²) in [6, 6.07) is 11.7. The molecule has 26 heavy (non-hydrogen) atoms. The van der Waals surface area contributed by atoms with E-state index in [0.29, 0.717) is 11.1 Å². The summed E-state index contributed by atoms with van der Waals surface area (Å²) in [6.07, 6.45) is 0. The molecule has 1 fully saturated rings. The Bertz CT molecular complexity index is 947. The van der Waals surface area contributed by atoms with Crippen LogP contribution in [0.3, 0.4) is 0 Å². The molecule has 1 atom stereocenters. The third-order valence-corrected chi connectivity index (χ3v) is 4.40. The number of hydrogen-bond acceptors (Lipinski definition) is 5. The standard InChI is InChI=1S/C19H16N2O5/c1-11-6-8-12(9-7-11)17(22)15-16(20(2)19(24)18(15)23)13-4-3-5-14(10-13)21(25)26/h3-10,16,22H,1-2H3/b17-15+/t16-/m1/s1. The van der Waals surface area contributed by atoms with E-state index in [4.69, 9.17) is 0 Å². The lowest BCUT2D eigenvalue weighted by atomic mass is 9.95. The first kappa shape index (κ1) is 17.3. The second kappa shape index (κ2) is 6.44. The Balaban J connectivity index is 2.18. The molecule has 0 bridgehead atoms. The fraction of sp³-hybridized carbons (Fsp3) is 0.158. The number of nitro benzene ring substituents is 1. The number of carbonyl (C=O) groups excluding carboxylic acids is 2. The van der Waals surface area contributed by atoms with Gasteiger partial charge >= 0.3 is 0 Å². The molecule has 2 aromatic carbocycles. The van der Waals surface area contributed by atoms with Gasteiger partial charge in [0, 0.05) is 24.7 Å². The Morgan fingerprint density at radius 1 is 1.15 bits per heavy atom. The molecule has 1 aliphatic rings. The number of Topliss-reactive ketones (excluding diaryl/α,β-unsaturated/α-hetero) is 1. The lowest BCUT2D eigenvalue weighted by molar-refractivity contribution is -0.384. The molecule has 1 heterocycles. The van der Waals surface area contributed by atoms with Crippen LogP contribution in [0.5, 0.6) is 0 Å². The number of aliphatic hydroxyl groups excluding tert-OH is 1. The zero-order chi connectivity index (χ0) is 19.0. The van der Waals surface area contributed by atoms with E-state index >= 15 is 0 Å². The second-order valence-corrected chi connectivity index (χ2v) is 6.13. The second-order valence-electron chi connectivity index (χ2n) is 6.13. The van der Waals surface area contributed by atoms with E-state index in [1.807, 2.05) is 6.92 Å². The first-order valence-corrected chi connectivity index (χ1v) is 7.87. The van der Waals surface area contributed by atoms with Gasteiger partial charge < -0.3 is 10.0 Å². The topological polar surface area (TPSA) is 101 Å². The fourth-order valence-electron chi connectivity index (χ4n) is 3.01. The molecule has 0 aromatic heterocycles. The number of non-ortho nitro benzene ring substituents is 1. The normalized spacial score (nSPS) is 19.0.